The summed E-state index contributed by atoms with van der Waals surface area (Å²) in [6.45, 7) is 5.71. The highest BCUT2D eigenvalue weighted by molar-refractivity contribution is 9.10. The summed E-state index contributed by atoms with van der Waals surface area (Å²) in [6, 6.07) is 14.0. The Labute approximate surface area is 164 Å². The van der Waals surface area contributed by atoms with Crippen LogP contribution in [-0.2, 0) is 17.6 Å². The summed E-state index contributed by atoms with van der Waals surface area (Å²) in [5.41, 5.74) is 2.27. The van der Waals surface area contributed by atoms with Gasteiger partial charge in [-0.3, -0.25) is 4.79 Å². The highest BCUT2D eigenvalue weighted by atomic mass is 79.9. The second-order valence-corrected chi connectivity index (χ2v) is 6.79. The highest BCUT2D eigenvalue weighted by Gasteiger charge is 2.07. The first-order chi connectivity index (χ1) is 12.6. The van der Waals surface area contributed by atoms with Gasteiger partial charge in [-0.2, -0.15) is 0 Å². The lowest BCUT2D eigenvalue weighted by atomic mass is 10.1. The van der Waals surface area contributed by atoms with Gasteiger partial charge in [-0.15, -0.1) is 0 Å². The van der Waals surface area contributed by atoms with E-state index in [0.717, 1.165) is 39.9 Å². The predicted octanol–water partition coefficient (Wildman–Crippen LogP) is 4.54. The molecule has 0 radical (unpaired) electrons. The zero-order valence-electron chi connectivity index (χ0n) is 15.4. The summed E-state index contributed by atoms with van der Waals surface area (Å²) in [6.07, 6.45) is 1.99. The minimum atomic E-state index is 0.0703. The average Bonchev–Trinajstić information content (AvgIpc) is 2.62. The number of carbonyl (C=O) groups excluding carboxylic acids is 1. The smallest absolute Gasteiger partial charge is 0.220 e. The SMILES string of the molecule is CCOc1ccc(CCNC(=O)CCc2cccc(Br)c2)cc1OCC. The molecule has 140 valence electrons. The molecule has 0 aromatic heterocycles. The minimum Gasteiger partial charge on any atom is -0.490 e. The Balaban J connectivity index is 1.79. The molecule has 0 saturated heterocycles. The number of amides is 1. The van der Waals surface area contributed by atoms with Crippen LogP contribution >= 0.6 is 15.9 Å². The van der Waals surface area contributed by atoms with Gasteiger partial charge in [-0.1, -0.05) is 34.1 Å². The van der Waals surface area contributed by atoms with E-state index >= 15 is 0 Å². The standard InChI is InChI=1S/C21H26BrNO3/c1-3-25-19-10-8-17(15-20(19)26-4-2)12-13-23-21(24)11-9-16-6-5-7-18(22)14-16/h5-8,10,14-15H,3-4,9,11-13H2,1-2H3,(H,23,24). The zero-order chi connectivity index (χ0) is 18.8. The van der Waals surface area contributed by atoms with Crippen LogP contribution in [-0.4, -0.2) is 25.7 Å². The van der Waals surface area contributed by atoms with Gasteiger partial charge in [0, 0.05) is 17.4 Å². The van der Waals surface area contributed by atoms with E-state index in [1.54, 1.807) is 0 Å². The van der Waals surface area contributed by atoms with Crippen molar-refractivity contribution in [1.29, 1.82) is 0 Å². The number of hydrogen-bond acceptors (Lipinski definition) is 3. The number of rotatable bonds is 10. The number of nitrogens with one attached hydrogen (secondary N) is 1. The second kappa shape index (κ2) is 10.9. The molecule has 4 nitrogen and oxygen atoms in total. The highest BCUT2D eigenvalue weighted by Crippen LogP contribution is 2.28. The number of benzene rings is 2. The maximum absolute atomic E-state index is 12.0. The molecule has 26 heavy (non-hydrogen) atoms. The van der Waals surface area contributed by atoms with Gasteiger partial charge in [0.2, 0.25) is 5.91 Å². The van der Waals surface area contributed by atoms with Gasteiger partial charge in [-0.05, 0) is 62.1 Å². The molecule has 0 atom stereocenters. The molecule has 0 aliphatic heterocycles. The van der Waals surface area contributed by atoms with Crippen LogP contribution in [0.15, 0.2) is 46.9 Å². The topological polar surface area (TPSA) is 47.6 Å². The van der Waals surface area contributed by atoms with E-state index in [1.807, 2.05) is 56.3 Å². The number of aryl methyl sites for hydroxylation is 1. The number of halogens is 1. The summed E-state index contributed by atoms with van der Waals surface area (Å²) in [5, 5.41) is 2.98. The molecule has 2 aromatic rings. The molecule has 2 rings (SSSR count). The van der Waals surface area contributed by atoms with Crippen LogP contribution in [0.4, 0.5) is 0 Å². The molecule has 1 N–H and O–H groups in total. The van der Waals surface area contributed by atoms with Crippen molar-refractivity contribution in [3.8, 4) is 11.5 Å². The minimum absolute atomic E-state index is 0.0703. The monoisotopic (exact) mass is 419 g/mol. The third kappa shape index (κ3) is 6.71. The van der Waals surface area contributed by atoms with Gasteiger partial charge in [0.25, 0.3) is 0 Å². The molecule has 0 fully saturated rings. The molecule has 0 spiro atoms. The van der Waals surface area contributed by atoms with Crippen molar-refractivity contribution in [2.75, 3.05) is 19.8 Å². The quantitative estimate of drug-likeness (QED) is 0.614. The largest absolute Gasteiger partial charge is 0.490 e. The van der Waals surface area contributed by atoms with Crippen molar-refractivity contribution in [3.05, 3.63) is 58.1 Å². The molecule has 2 aromatic carbocycles. The Morgan fingerprint density at radius 3 is 2.42 bits per heavy atom. The first-order valence-electron chi connectivity index (χ1n) is 9.02. The van der Waals surface area contributed by atoms with Crippen molar-refractivity contribution in [3.63, 3.8) is 0 Å². The summed E-state index contributed by atoms with van der Waals surface area (Å²) >= 11 is 3.45. The third-order valence-electron chi connectivity index (χ3n) is 3.87. The first-order valence-corrected chi connectivity index (χ1v) is 9.81. The lowest BCUT2D eigenvalue weighted by molar-refractivity contribution is -0.121. The molecule has 0 bridgehead atoms. The van der Waals surface area contributed by atoms with E-state index in [2.05, 4.69) is 21.2 Å². The van der Waals surface area contributed by atoms with Gasteiger partial charge < -0.3 is 14.8 Å². The summed E-state index contributed by atoms with van der Waals surface area (Å²) < 4.78 is 12.2. The van der Waals surface area contributed by atoms with Crippen LogP contribution in [0.2, 0.25) is 0 Å². The second-order valence-electron chi connectivity index (χ2n) is 5.88. The van der Waals surface area contributed by atoms with E-state index in [4.69, 9.17) is 9.47 Å². The molecular formula is C21H26BrNO3. The predicted molar refractivity (Wildman–Crippen MR) is 108 cm³/mol. The molecule has 0 heterocycles. The van der Waals surface area contributed by atoms with Crippen LogP contribution in [0.3, 0.4) is 0 Å². The Kier molecular flexibility index (Phi) is 8.48. The Morgan fingerprint density at radius 2 is 1.69 bits per heavy atom. The van der Waals surface area contributed by atoms with Gasteiger partial charge in [0.1, 0.15) is 0 Å². The maximum atomic E-state index is 12.0. The van der Waals surface area contributed by atoms with E-state index < -0.39 is 0 Å². The summed E-state index contributed by atoms with van der Waals surface area (Å²) in [4.78, 5) is 12.0. The van der Waals surface area contributed by atoms with Crippen molar-refractivity contribution in [2.45, 2.75) is 33.1 Å². The van der Waals surface area contributed by atoms with E-state index in [1.165, 1.54) is 0 Å². The molecule has 1 amide bonds. The van der Waals surface area contributed by atoms with Crippen LogP contribution in [0.25, 0.3) is 0 Å². The van der Waals surface area contributed by atoms with E-state index in [-0.39, 0.29) is 5.91 Å². The van der Waals surface area contributed by atoms with Crippen molar-refractivity contribution in [1.82, 2.24) is 5.32 Å². The van der Waals surface area contributed by atoms with Gasteiger partial charge in [-0.25, -0.2) is 0 Å². The summed E-state index contributed by atoms with van der Waals surface area (Å²) in [5.74, 6) is 1.59. The van der Waals surface area contributed by atoms with Gasteiger partial charge in [0.15, 0.2) is 11.5 Å². The fourth-order valence-corrected chi connectivity index (χ4v) is 3.08. The lowest BCUT2D eigenvalue weighted by Gasteiger charge is -2.12. The van der Waals surface area contributed by atoms with Gasteiger partial charge >= 0.3 is 0 Å². The molecule has 0 unspecified atom stereocenters. The fourth-order valence-electron chi connectivity index (χ4n) is 2.64. The van der Waals surface area contributed by atoms with Crippen molar-refractivity contribution < 1.29 is 14.3 Å². The zero-order valence-corrected chi connectivity index (χ0v) is 17.0. The van der Waals surface area contributed by atoms with Crippen LogP contribution in [0, 0.1) is 0 Å². The molecule has 5 heteroatoms. The van der Waals surface area contributed by atoms with Gasteiger partial charge in [0.05, 0.1) is 13.2 Å². The number of hydrogen-bond donors (Lipinski definition) is 1. The van der Waals surface area contributed by atoms with Crippen LogP contribution in [0.1, 0.15) is 31.4 Å². The molecular weight excluding hydrogens is 394 g/mol. The molecule has 0 aliphatic rings. The summed E-state index contributed by atoms with van der Waals surface area (Å²) in [7, 11) is 0. The third-order valence-corrected chi connectivity index (χ3v) is 4.37. The number of ether oxygens (including phenoxy) is 2. The lowest BCUT2D eigenvalue weighted by Crippen LogP contribution is -2.25. The van der Waals surface area contributed by atoms with Crippen molar-refractivity contribution in [2.24, 2.45) is 0 Å². The average molecular weight is 420 g/mol. The van der Waals surface area contributed by atoms with Crippen LogP contribution < -0.4 is 14.8 Å². The van der Waals surface area contributed by atoms with E-state index in [9.17, 15) is 4.79 Å². The Morgan fingerprint density at radius 1 is 0.962 bits per heavy atom. The number of carbonyl (C=O) groups is 1. The molecule has 0 aliphatic carbocycles. The Bertz CT molecular complexity index is 718. The molecule has 0 saturated carbocycles. The van der Waals surface area contributed by atoms with Crippen molar-refractivity contribution >= 4 is 21.8 Å². The fraction of sp³-hybridized carbons (Fsp3) is 0.381. The first kappa shape index (κ1) is 20.3. The van der Waals surface area contributed by atoms with Crippen LogP contribution in [0.5, 0.6) is 11.5 Å². The Hall–Kier alpha value is -2.01. The normalized spacial score (nSPS) is 10.4. The van der Waals surface area contributed by atoms with E-state index in [0.29, 0.717) is 26.2 Å². The maximum Gasteiger partial charge on any atom is 0.220 e.